The Balaban J connectivity index is 1.77. The molecule has 1 amide bonds. The van der Waals surface area contributed by atoms with E-state index in [2.05, 4.69) is 5.16 Å². The number of piperidine rings is 1. The van der Waals surface area contributed by atoms with Crippen LogP contribution < -0.4 is 0 Å². The van der Waals surface area contributed by atoms with E-state index in [0.29, 0.717) is 24.5 Å². The first kappa shape index (κ1) is 12.4. The molecule has 1 unspecified atom stereocenters. The first-order chi connectivity index (χ1) is 9.24. The van der Waals surface area contributed by atoms with Gasteiger partial charge < -0.3 is 14.5 Å². The Morgan fingerprint density at radius 1 is 1.58 bits per heavy atom. The lowest BCUT2D eigenvalue weighted by Gasteiger charge is -2.29. The third kappa shape index (κ3) is 2.54. The lowest BCUT2D eigenvalue weighted by molar-refractivity contribution is 0.0465. The molecule has 5 nitrogen and oxygen atoms in total. The number of aliphatic hydroxyl groups excluding tert-OH is 1. The molecule has 100 valence electrons. The first-order valence-electron chi connectivity index (χ1n) is 6.22. The van der Waals surface area contributed by atoms with Gasteiger partial charge in [0.15, 0.2) is 11.5 Å². The summed E-state index contributed by atoms with van der Waals surface area (Å²) in [6.45, 7) is 1.04. The molecule has 1 aliphatic rings. The molecule has 1 aliphatic heterocycles. The van der Waals surface area contributed by atoms with Gasteiger partial charge in [0.05, 0.1) is 11.0 Å². The van der Waals surface area contributed by atoms with Gasteiger partial charge in [0, 0.05) is 19.2 Å². The molecule has 6 heteroatoms. The fourth-order valence-corrected chi connectivity index (χ4v) is 2.89. The van der Waals surface area contributed by atoms with Gasteiger partial charge in [-0.3, -0.25) is 4.79 Å². The van der Waals surface area contributed by atoms with Crippen molar-refractivity contribution < 1.29 is 14.4 Å². The van der Waals surface area contributed by atoms with Crippen molar-refractivity contribution in [2.45, 2.75) is 18.9 Å². The van der Waals surface area contributed by atoms with E-state index in [1.165, 1.54) is 11.3 Å². The summed E-state index contributed by atoms with van der Waals surface area (Å²) in [6.07, 6.45) is 1.15. The van der Waals surface area contributed by atoms with Crippen molar-refractivity contribution in [2.24, 2.45) is 0 Å². The van der Waals surface area contributed by atoms with Crippen molar-refractivity contribution >= 4 is 17.2 Å². The van der Waals surface area contributed by atoms with Crippen LogP contribution in [0.25, 0.3) is 10.6 Å². The molecule has 0 saturated carbocycles. The number of hydrogen-bond donors (Lipinski definition) is 1. The van der Waals surface area contributed by atoms with Crippen LogP contribution in [0.5, 0.6) is 0 Å². The highest BCUT2D eigenvalue weighted by molar-refractivity contribution is 7.13. The number of likely N-dealkylation sites (tertiary alicyclic amines) is 1. The second-order valence-electron chi connectivity index (χ2n) is 4.60. The zero-order valence-corrected chi connectivity index (χ0v) is 11.1. The molecule has 1 N–H and O–H groups in total. The minimum absolute atomic E-state index is 0.176. The van der Waals surface area contributed by atoms with Gasteiger partial charge in [-0.15, -0.1) is 11.3 Å². The van der Waals surface area contributed by atoms with E-state index in [-0.39, 0.29) is 5.91 Å². The highest BCUT2D eigenvalue weighted by Crippen LogP contribution is 2.25. The largest absolute Gasteiger partial charge is 0.391 e. The summed E-state index contributed by atoms with van der Waals surface area (Å²) in [6, 6.07) is 5.50. The average Bonchev–Trinajstić information content (AvgIpc) is 3.08. The van der Waals surface area contributed by atoms with E-state index >= 15 is 0 Å². The van der Waals surface area contributed by atoms with E-state index in [4.69, 9.17) is 4.52 Å². The molecule has 1 atom stereocenters. The molecule has 0 spiro atoms. The number of hydrogen-bond acceptors (Lipinski definition) is 5. The molecule has 0 aliphatic carbocycles. The Morgan fingerprint density at radius 2 is 2.47 bits per heavy atom. The highest BCUT2D eigenvalue weighted by Gasteiger charge is 2.25. The zero-order valence-electron chi connectivity index (χ0n) is 10.3. The van der Waals surface area contributed by atoms with Crippen LogP contribution in [0.15, 0.2) is 28.1 Å². The van der Waals surface area contributed by atoms with Crippen molar-refractivity contribution in [1.29, 1.82) is 0 Å². The number of β-amino-alcohol motifs (C(OH)–C–C–N with tert-alkyl or cyclic N) is 1. The number of carbonyl (C=O) groups is 1. The van der Waals surface area contributed by atoms with Gasteiger partial charge in [-0.1, -0.05) is 11.2 Å². The molecule has 2 aromatic rings. The van der Waals surface area contributed by atoms with Crippen LogP contribution in [0.2, 0.25) is 0 Å². The minimum Gasteiger partial charge on any atom is -0.391 e. The second-order valence-corrected chi connectivity index (χ2v) is 5.55. The monoisotopic (exact) mass is 278 g/mol. The van der Waals surface area contributed by atoms with Gasteiger partial charge in [0.2, 0.25) is 0 Å². The number of aliphatic hydroxyl groups is 1. The molecule has 0 radical (unpaired) electrons. The first-order valence-corrected chi connectivity index (χ1v) is 7.10. The van der Waals surface area contributed by atoms with E-state index in [1.54, 1.807) is 11.0 Å². The van der Waals surface area contributed by atoms with Crippen molar-refractivity contribution in [3.8, 4) is 10.6 Å². The summed E-state index contributed by atoms with van der Waals surface area (Å²) in [5, 5.41) is 15.4. The van der Waals surface area contributed by atoms with Crippen molar-refractivity contribution in [3.05, 3.63) is 29.3 Å². The predicted molar refractivity (Wildman–Crippen MR) is 71.0 cm³/mol. The Labute approximate surface area is 114 Å². The molecule has 1 saturated heterocycles. The number of rotatable bonds is 2. The number of nitrogens with zero attached hydrogens (tertiary/aromatic N) is 2. The minimum atomic E-state index is -0.429. The molecule has 3 rings (SSSR count). The molecule has 0 bridgehead atoms. The maximum atomic E-state index is 12.2. The summed E-state index contributed by atoms with van der Waals surface area (Å²) in [4.78, 5) is 14.8. The second kappa shape index (κ2) is 5.14. The van der Waals surface area contributed by atoms with Gasteiger partial charge in [0.1, 0.15) is 0 Å². The van der Waals surface area contributed by atoms with Gasteiger partial charge >= 0.3 is 0 Å². The van der Waals surface area contributed by atoms with Crippen LogP contribution in [-0.2, 0) is 0 Å². The van der Waals surface area contributed by atoms with Gasteiger partial charge in [0.25, 0.3) is 5.91 Å². The van der Waals surface area contributed by atoms with Gasteiger partial charge in [-0.25, -0.2) is 0 Å². The van der Waals surface area contributed by atoms with E-state index in [1.807, 2.05) is 17.5 Å². The molecule has 2 aromatic heterocycles. The zero-order chi connectivity index (χ0) is 13.2. The molecule has 1 fully saturated rings. The molecule has 0 aromatic carbocycles. The number of aromatic nitrogens is 1. The lowest BCUT2D eigenvalue weighted by atomic mass is 10.1. The highest BCUT2D eigenvalue weighted by atomic mass is 32.1. The average molecular weight is 278 g/mol. The van der Waals surface area contributed by atoms with Crippen LogP contribution in [0.4, 0.5) is 0 Å². The quantitative estimate of drug-likeness (QED) is 0.912. The van der Waals surface area contributed by atoms with Crippen LogP contribution in [0, 0.1) is 0 Å². The number of amides is 1. The third-order valence-corrected chi connectivity index (χ3v) is 4.06. The SMILES string of the molecule is O=C(c1cc(-c2cccs2)on1)N1CCCC(O)C1. The topological polar surface area (TPSA) is 66.6 Å². The molecular formula is C13H14N2O3S. The lowest BCUT2D eigenvalue weighted by Crippen LogP contribution is -2.42. The Kier molecular flexibility index (Phi) is 3.35. The van der Waals surface area contributed by atoms with Crippen LogP contribution in [0.3, 0.4) is 0 Å². The fraction of sp³-hybridized carbons (Fsp3) is 0.385. The Morgan fingerprint density at radius 3 is 3.21 bits per heavy atom. The summed E-state index contributed by atoms with van der Waals surface area (Å²) in [5.74, 6) is 0.432. The van der Waals surface area contributed by atoms with Crippen molar-refractivity contribution in [3.63, 3.8) is 0 Å². The van der Waals surface area contributed by atoms with Gasteiger partial charge in [-0.2, -0.15) is 0 Å². The molecule has 3 heterocycles. The van der Waals surface area contributed by atoms with E-state index in [0.717, 1.165) is 17.7 Å². The maximum Gasteiger partial charge on any atom is 0.276 e. The van der Waals surface area contributed by atoms with Crippen LogP contribution in [-0.4, -0.2) is 40.3 Å². The fourth-order valence-electron chi connectivity index (χ4n) is 2.21. The maximum absolute atomic E-state index is 12.2. The standard InChI is InChI=1S/C13H14N2O3S/c16-9-3-1-5-15(8-9)13(17)10-7-11(18-14-10)12-4-2-6-19-12/h2,4,6-7,9,16H,1,3,5,8H2. The van der Waals surface area contributed by atoms with E-state index < -0.39 is 6.10 Å². The Bertz CT molecular complexity index is 564. The third-order valence-electron chi connectivity index (χ3n) is 3.18. The predicted octanol–water partition coefficient (Wildman–Crippen LogP) is 2.00. The number of carbonyl (C=O) groups excluding carboxylic acids is 1. The molecular weight excluding hydrogens is 264 g/mol. The van der Waals surface area contributed by atoms with Crippen molar-refractivity contribution in [1.82, 2.24) is 10.1 Å². The van der Waals surface area contributed by atoms with E-state index in [9.17, 15) is 9.90 Å². The summed E-state index contributed by atoms with van der Waals surface area (Å²) >= 11 is 1.54. The summed E-state index contributed by atoms with van der Waals surface area (Å²) in [7, 11) is 0. The van der Waals surface area contributed by atoms with Crippen LogP contribution in [0.1, 0.15) is 23.3 Å². The summed E-state index contributed by atoms with van der Waals surface area (Å²) in [5.41, 5.74) is 0.303. The van der Waals surface area contributed by atoms with Crippen LogP contribution >= 0.6 is 11.3 Å². The molecule has 19 heavy (non-hydrogen) atoms. The normalized spacial score (nSPS) is 19.6. The smallest absolute Gasteiger partial charge is 0.276 e. The Hall–Kier alpha value is -1.66. The van der Waals surface area contributed by atoms with Gasteiger partial charge in [-0.05, 0) is 24.3 Å². The van der Waals surface area contributed by atoms with Crippen molar-refractivity contribution in [2.75, 3.05) is 13.1 Å². The number of thiophene rings is 1. The summed E-state index contributed by atoms with van der Waals surface area (Å²) < 4.78 is 5.20.